The third-order valence-corrected chi connectivity index (χ3v) is 3.52. The fraction of sp³-hybridized carbons (Fsp3) is 0. The van der Waals surface area contributed by atoms with Crippen molar-refractivity contribution in [1.82, 2.24) is 9.55 Å². The number of hydrogen-bond acceptors (Lipinski definition) is 1. The van der Waals surface area contributed by atoms with E-state index < -0.39 is 0 Å². The van der Waals surface area contributed by atoms with Gasteiger partial charge in [0.1, 0.15) is 11.6 Å². The summed E-state index contributed by atoms with van der Waals surface area (Å²) in [5.41, 5.74) is 1.09. The summed E-state index contributed by atoms with van der Waals surface area (Å²) < 4.78 is 15.4. The first-order valence-electron chi connectivity index (χ1n) is 6.43. The summed E-state index contributed by atoms with van der Waals surface area (Å²) in [4.78, 5) is 4.47. The number of benzene rings is 2. The van der Waals surface area contributed by atoms with Crippen molar-refractivity contribution >= 4 is 21.7 Å². The molecular weight excluding hydrogens is 251 g/mol. The highest BCUT2D eigenvalue weighted by Crippen LogP contribution is 2.22. The number of halogens is 1. The smallest absolute Gasteiger partial charge is 0.137 e. The Morgan fingerprint density at radius 3 is 2.70 bits per heavy atom. The molecule has 0 bridgehead atoms. The van der Waals surface area contributed by atoms with Gasteiger partial charge in [0.15, 0.2) is 0 Å². The van der Waals surface area contributed by atoms with Gasteiger partial charge in [-0.05, 0) is 47.2 Å². The van der Waals surface area contributed by atoms with Gasteiger partial charge in [-0.15, -0.1) is 0 Å². The first-order valence-corrected chi connectivity index (χ1v) is 6.43. The average molecular weight is 262 g/mol. The quantitative estimate of drug-likeness (QED) is 0.499. The summed E-state index contributed by atoms with van der Waals surface area (Å²) in [7, 11) is 0. The molecule has 0 atom stereocenters. The number of para-hydroxylation sites is 1. The molecule has 0 aliphatic rings. The van der Waals surface area contributed by atoms with Crippen molar-refractivity contribution < 1.29 is 4.39 Å². The lowest BCUT2D eigenvalue weighted by molar-refractivity contribution is 0.629. The molecule has 20 heavy (non-hydrogen) atoms. The zero-order valence-corrected chi connectivity index (χ0v) is 10.6. The van der Waals surface area contributed by atoms with E-state index in [0.717, 1.165) is 27.5 Å². The van der Waals surface area contributed by atoms with Gasteiger partial charge in [0, 0.05) is 17.8 Å². The molecule has 0 aliphatic heterocycles. The van der Waals surface area contributed by atoms with Gasteiger partial charge in [0.2, 0.25) is 0 Å². The molecule has 0 fully saturated rings. The van der Waals surface area contributed by atoms with E-state index in [1.165, 1.54) is 12.1 Å². The second kappa shape index (κ2) is 4.17. The minimum absolute atomic E-state index is 0.230. The van der Waals surface area contributed by atoms with Crippen LogP contribution in [0.5, 0.6) is 0 Å². The normalized spacial score (nSPS) is 11.2. The van der Waals surface area contributed by atoms with Gasteiger partial charge < -0.3 is 4.57 Å². The molecule has 2 aromatic carbocycles. The maximum absolute atomic E-state index is 13.3. The number of nitrogens with zero attached hydrogens (tertiary/aromatic N) is 2. The van der Waals surface area contributed by atoms with Crippen molar-refractivity contribution in [1.29, 1.82) is 0 Å². The molecule has 0 unspecified atom stereocenters. The second-order valence-electron chi connectivity index (χ2n) is 4.78. The van der Waals surface area contributed by atoms with Gasteiger partial charge in [-0.25, -0.2) is 9.37 Å². The van der Waals surface area contributed by atoms with Crippen molar-refractivity contribution in [3.63, 3.8) is 0 Å². The topological polar surface area (TPSA) is 17.8 Å². The molecule has 0 radical (unpaired) electrons. The summed E-state index contributed by atoms with van der Waals surface area (Å²) in [6.07, 6.45) is 3.76. The number of rotatable bonds is 1. The van der Waals surface area contributed by atoms with Gasteiger partial charge in [0.05, 0.1) is 5.52 Å². The Morgan fingerprint density at radius 2 is 1.75 bits per heavy atom. The van der Waals surface area contributed by atoms with Crippen LogP contribution in [0.25, 0.3) is 27.5 Å². The van der Waals surface area contributed by atoms with Crippen LogP contribution in [0.4, 0.5) is 4.39 Å². The SMILES string of the molecule is Fc1ccc2cnc(-n3ccc4ccccc43)cc2c1. The molecule has 4 aromatic rings. The molecule has 2 nitrogen and oxygen atoms in total. The molecule has 3 heteroatoms. The minimum atomic E-state index is -0.230. The first-order chi connectivity index (χ1) is 9.81. The first kappa shape index (κ1) is 11.2. The molecule has 0 saturated heterocycles. The fourth-order valence-corrected chi connectivity index (χ4v) is 2.51. The summed E-state index contributed by atoms with van der Waals surface area (Å²) in [5, 5.41) is 2.95. The van der Waals surface area contributed by atoms with Crippen LogP contribution >= 0.6 is 0 Å². The Balaban J connectivity index is 1.97. The van der Waals surface area contributed by atoms with Gasteiger partial charge >= 0.3 is 0 Å². The minimum Gasteiger partial charge on any atom is -0.301 e. The third-order valence-electron chi connectivity index (χ3n) is 3.52. The Bertz CT molecular complexity index is 924. The average Bonchev–Trinajstić information content (AvgIpc) is 2.90. The van der Waals surface area contributed by atoms with E-state index in [0.29, 0.717) is 0 Å². The fourth-order valence-electron chi connectivity index (χ4n) is 2.51. The summed E-state index contributed by atoms with van der Waals surface area (Å²) in [6, 6.07) is 16.8. The van der Waals surface area contributed by atoms with E-state index >= 15 is 0 Å². The van der Waals surface area contributed by atoms with Crippen LogP contribution in [0.15, 0.2) is 67.0 Å². The number of fused-ring (bicyclic) bond motifs is 2. The van der Waals surface area contributed by atoms with Gasteiger partial charge in [-0.1, -0.05) is 18.2 Å². The maximum Gasteiger partial charge on any atom is 0.137 e. The Morgan fingerprint density at radius 1 is 0.850 bits per heavy atom. The van der Waals surface area contributed by atoms with E-state index in [2.05, 4.69) is 11.1 Å². The van der Waals surface area contributed by atoms with E-state index in [1.54, 1.807) is 12.3 Å². The Kier molecular flexibility index (Phi) is 2.33. The van der Waals surface area contributed by atoms with Crippen LogP contribution in [0.3, 0.4) is 0 Å². The molecule has 2 aromatic heterocycles. The van der Waals surface area contributed by atoms with Crippen LogP contribution in [-0.2, 0) is 0 Å². The van der Waals surface area contributed by atoms with Crippen LogP contribution in [0.2, 0.25) is 0 Å². The van der Waals surface area contributed by atoms with E-state index in [-0.39, 0.29) is 5.82 Å². The molecule has 0 aliphatic carbocycles. The molecule has 4 rings (SSSR count). The van der Waals surface area contributed by atoms with Crippen LogP contribution < -0.4 is 0 Å². The van der Waals surface area contributed by atoms with E-state index in [9.17, 15) is 4.39 Å². The van der Waals surface area contributed by atoms with E-state index in [1.807, 2.05) is 41.1 Å². The van der Waals surface area contributed by atoms with Gasteiger partial charge in [-0.2, -0.15) is 0 Å². The highest BCUT2D eigenvalue weighted by atomic mass is 19.1. The molecule has 2 heterocycles. The Labute approximate surface area is 115 Å². The number of pyridine rings is 1. The maximum atomic E-state index is 13.3. The molecule has 0 saturated carbocycles. The highest BCUT2D eigenvalue weighted by molar-refractivity contribution is 5.85. The van der Waals surface area contributed by atoms with Crippen molar-refractivity contribution in [2.45, 2.75) is 0 Å². The summed E-state index contributed by atoms with van der Waals surface area (Å²) in [6.45, 7) is 0. The predicted octanol–water partition coefficient (Wildman–Crippen LogP) is 4.32. The lowest BCUT2D eigenvalue weighted by Crippen LogP contribution is -1.95. The Hall–Kier alpha value is -2.68. The molecular formula is C17H11FN2. The molecule has 0 amide bonds. The summed E-state index contributed by atoms with van der Waals surface area (Å²) >= 11 is 0. The van der Waals surface area contributed by atoms with Crippen LogP contribution in [0, 0.1) is 5.82 Å². The predicted molar refractivity (Wildman–Crippen MR) is 78.5 cm³/mol. The highest BCUT2D eigenvalue weighted by Gasteiger charge is 2.05. The molecule has 96 valence electrons. The van der Waals surface area contributed by atoms with Gasteiger partial charge in [0.25, 0.3) is 0 Å². The van der Waals surface area contributed by atoms with Crippen LogP contribution in [0.1, 0.15) is 0 Å². The van der Waals surface area contributed by atoms with Crippen molar-refractivity contribution in [3.05, 3.63) is 72.8 Å². The number of aromatic nitrogens is 2. The van der Waals surface area contributed by atoms with E-state index in [4.69, 9.17) is 0 Å². The lowest BCUT2D eigenvalue weighted by Gasteiger charge is -2.06. The van der Waals surface area contributed by atoms with Crippen molar-refractivity contribution in [2.24, 2.45) is 0 Å². The van der Waals surface area contributed by atoms with Gasteiger partial charge in [-0.3, -0.25) is 0 Å². The number of hydrogen-bond donors (Lipinski definition) is 0. The van der Waals surface area contributed by atoms with Crippen molar-refractivity contribution in [3.8, 4) is 5.82 Å². The summed E-state index contributed by atoms with van der Waals surface area (Å²) in [5.74, 6) is 0.566. The monoisotopic (exact) mass is 262 g/mol. The second-order valence-corrected chi connectivity index (χ2v) is 4.78. The largest absolute Gasteiger partial charge is 0.301 e. The molecule has 0 N–H and O–H groups in total. The third kappa shape index (κ3) is 1.67. The molecule has 0 spiro atoms. The standard InChI is InChI=1S/C17H11FN2/c18-15-6-5-13-11-19-17(10-14(13)9-15)20-8-7-12-3-1-2-4-16(12)20/h1-11H. The zero-order chi connectivity index (χ0) is 13.5. The zero-order valence-electron chi connectivity index (χ0n) is 10.6. The lowest BCUT2D eigenvalue weighted by atomic mass is 10.2. The van der Waals surface area contributed by atoms with Crippen molar-refractivity contribution in [2.75, 3.05) is 0 Å². The van der Waals surface area contributed by atoms with Crippen LogP contribution in [-0.4, -0.2) is 9.55 Å².